The van der Waals surface area contributed by atoms with Gasteiger partial charge in [0.2, 0.25) is 10.0 Å². The number of terminal acetylenes is 1. The second-order valence-corrected chi connectivity index (χ2v) is 10.6. The van der Waals surface area contributed by atoms with E-state index >= 15 is 0 Å². The van der Waals surface area contributed by atoms with Crippen molar-refractivity contribution in [1.29, 1.82) is 0 Å². The van der Waals surface area contributed by atoms with Gasteiger partial charge in [-0.2, -0.15) is 4.72 Å². The SMILES string of the molecule is C#CCNS(=O)(=O)c1cccc(C(=O)Nc2cccc(C(=O)N3CCc4sccc4C3)c2C)c1. The maximum Gasteiger partial charge on any atom is 0.255 e. The number of carbonyl (C=O) groups excluding carboxylic acids is 2. The molecule has 2 N–H and O–H groups in total. The van der Waals surface area contributed by atoms with Gasteiger partial charge >= 0.3 is 0 Å². The third-order valence-corrected chi connectivity index (χ3v) is 8.10. The molecule has 1 aliphatic heterocycles. The number of nitrogens with one attached hydrogen (secondary N) is 2. The van der Waals surface area contributed by atoms with E-state index in [-0.39, 0.29) is 22.9 Å². The summed E-state index contributed by atoms with van der Waals surface area (Å²) in [6.07, 6.45) is 5.96. The molecular weight excluding hydrogens is 470 g/mol. The Kier molecular flexibility index (Phi) is 6.84. The molecule has 2 heterocycles. The van der Waals surface area contributed by atoms with Gasteiger partial charge in [0.15, 0.2) is 0 Å². The van der Waals surface area contributed by atoms with E-state index in [4.69, 9.17) is 6.42 Å². The van der Waals surface area contributed by atoms with Crippen molar-refractivity contribution in [2.75, 3.05) is 18.4 Å². The number of anilines is 1. The van der Waals surface area contributed by atoms with Crippen molar-refractivity contribution in [1.82, 2.24) is 9.62 Å². The molecule has 0 unspecified atom stereocenters. The maximum atomic E-state index is 13.2. The highest BCUT2D eigenvalue weighted by molar-refractivity contribution is 7.89. The normalized spacial score (nSPS) is 13.1. The van der Waals surface area contributed by atoms with Crippen LogP contribution >= 0.6 is 11.3 Å². The average molecular weight is 494 g/mol. The van der Waals surface area contributed by atoms with E-state index in [1.54, 1.807) is 36.5 Å². The Morgan fingerprint density at radius 1 is 1.18 bits per heavy atom. The average Bonchev–Trinajstić information content (AvgIpc) is 3.32. The summed E-state index contributed by atoms with van der Waals surface area (Å²) in [5, 5.41) is 4.85. The second kappa shape index (κ2) is 9.81. The Hall–Kier alpha value is -3.45. The highest BCUT2D eigenvalue weighted by atomic mass is 32.2. The smallest absolute Gasteiger partial charge is 0.255 e. The lowest BCUT2D eigenvalue weighted by molar-refractivity contribution is 0.0735. The van der Waals surface area contributed by atoms with Crippen molar-refractivity contribution >= 4 is 38.9 Å². The number of carbonyl (C=O) groups is 2. The van der Waals surface area contributed by atoms with Crippen LogP contribution in [0.15, 0.2) is 58.8 Å². The molecule has 0 fully saturated rings. The van der Waals surface area contributed by atoms with Crippen molar-refractivity contribution in [2.24, 2.45) is 0 Å². The zero-order chi connectivity index (χ0) is 24.3. The van der Waals surface area contributed by atoms with Crippen LogP contribution in [-0.2, 0) is 23.0 Å². The molecule has 3 aromatic rings. The molecule has 1 aliphatic rings. The van der Waals surface area contributed by atoms with E-state index in [1.165, 1.54) is 34.7 Å². The summed E-state index contributed by atoms with van der Waals surface area (Å²) in [4.78, 5) is 29.2. The predicted octanol–water partition coefficient (Wildman–Crippen LogP) is 3.42. The molecule has 34 heavy (non-hydrogen) atoms. The Morgan fingerprint density at radius 2 is 1.97 bits per heavy atom. The molecule has 7 nitrogen and oxygen atoms in total. The van der Waals surface area contributed by atoms with Gasteiger partial charge in [0.1, 0.15) is 0 Å². The van der Waals surface area contributed by atoms with E-state index in [1.807, 2.05) is 10.3 Å². The number of amides is 2. The molecular formula is C25H23N3O4S2. The number of thiophene rings is 1. The molecule has 9 heteroatoms. The Morgan fingerprint density at radius 3 is 2.76 bits per heavy atom. The van der Waals surface area contributed by atoms with Crippen molar-refractivity contribution in [2.45, 2.75) is 24.8 Å². The summed E-state index contributed by atoms with van der Waals surface area (Å²) < 4.78 is 26.9. The topological polar surface area (TPSA) is 95.6 Å². The summed E-state index contributed by atoms with van der Waals surface area (Å²) in [6, 6.07) is 12.9. The molecule has 0 saturated heterocycles. The monoisotopic (exact) mass is 493 g/mol. The molecule has 0 aliphatic carbocycles. The Balaban J connectivity index is 1.53. The molecule has 2 aromatic carbocycles. The molecule has 2 amide bonds. The molecule has 0 bridgehead atoms. The summed E-state index contributed by atoms with van der Waals surface area (Å²) in [5.74, 6) is 1.64. The Labute approximate surface area is 202 Å². The predicted molar refractivity (Wildman–Crippen MR) is 132 cm³/mol. The van der Waals surface area contributed by atoms with E-state index in [2.05, 4.69) is 22.0 Å². The van der Waals surface area contributed by atoms with Gasteiger partial charge in [-0.25, -0.2) is 8.42 Å². The number of hydrogen-bond donors (Lipinski definition) is 2. The third kappa shape index (κ3) is 4.89. The first-order valence-electron chi connectivity index (χ1n) is 10.6. The van der Waals surface area contributed by atoms with Crippen LogP contribution in [0.4, 0.5) is 5.69 Å². The lowest BCUT2D eigenvalue weighted by Gasteiger charge is -2.28. The molecule has 174 valence electrons. The summed E-state index contributed by atoms with van der Waals surface area (Å²) in [7, 11) is -3.83. The second-order valence-electron chi connectivity index (χ2n) is 7.83. The lowest BCUT2D eigenvalue weighted by Crippen LogP contribution is -2.35. The van der Waals surface area contributed by atoms with Crippen LogP contribution in [0.1, 0.15) is 36.7 Å². The minimum Gasteiger partial charge on any atom is -0.334 e. The first-order chi connectivity index (χ1) is 16.3. The molecule has 0 saturated carbocycles. The van der Waals surface area contributed by atoms with Crippen LogP contribution in [0.3, 0.4) is 0 Å². The lowest BCUT2D eigenvalue weighted by atomic mass is 10.0. The first kappa shape index (κ1) is 23.7. The fourth-order valence-corrected chi connectivity index (χ4v) is 5.68. The maximum absolute atomic E-state index is 13.2. The van der Waals surface area contributed by atoms with Crippen molar-refractivity contribution < 1.29 is 18.0 Å². The van der Waals surface area contributed by atoms with Crippen molar-refractivity contribution in [3.63, 3.8) is 0 Å². The van der Waals surface area contributed by atoms with Crippen LogP contribution < -0.4 is 10.0 Å². The molecule has 1 aromatic heterocycles. The minimum atomic E-state index is -3.83. The zero-order valence-electron chi connectivity index (χ0n) is 18.5. The van der Waals surface area contributed by atoms with Gasteiger partial charge < -0.3 is 10.2 Å². The van der Waals surface area contributed by atoms with Crippen molar-refractivity contribution in [3.05, 3.63) is 81.0 Å². The molecule has 0 radical (unpaired) electrons. The van der Waals surface area contributed by atoms with Crippen LogP contribution in [0.5, 0.6) is 0 Å². The Bertz CT molecular complexity index is 1400. The van der Waals surface area contributed by atoms with Crippen LogP contribution in [0.2, 0.25) is 0 Å². The number of benzene rings is 2. The van der Waals surface area contributed by atoms with Gasteiger partial charge in [-0.3, -0.25) is 9.59 Å². The zero-order valence-corrected chi connectivity index (χ0v) is 20.1. The molecule has 0 spiro atoms. The van der Waals surface area contributed by atoms with Crippen LogP contribution in [0, 0.1) is 19.3 Å². The minimum absolute atomic E-state index is 0.0612. The van der Waals surface area contributed by atoms with Gasteiger partial charge in [0.05, 0.1) is 11.4 Å². The third-order valence-electron chi connectivity index (χ3n) is 5.68. The molecule has 0 atom stereocenters. The number of fused-ring (bicyclic) bond motifs is 1. The first-order valence-corrected chi connectivity index (χ1v) is 12.9. The van der Waals surface area contributed by atoms with E-state index in [0.717, 1.165) is 6.42 Å². The largest absolute Gasteiger partial charge is 0.334 e. The van der Waals surface area contributed by atoms with E-state index in [0.29, 0.717) is 29.9 Å². The van der Waals surface area contributed by atoms with Gasteiger partial charge in [-0.05, 0) is 66.2 Å². The van der Waals surface area contributed by atoms with Gasteiger partial charge in [-0.15, -0.1) is 17.8 Å². The van der Waals surface area contributed by atoms with Gasteiger partial charge in [0.25, 0.3) is 11.8 Å². The number of nitrogens with zero attached hydrogens (tertiary/aromatic N) is 1. The standard InChI is InChI=1S/C25H23N3O4S2/c1-3-12-26-34(31,32)20-7-4-6-18(15-20)24(29)27-22-9-5-8-21(17(22)2)25(30)28-13-10-23-19(16-28)11-14-33-23/h1,4-9,11,14-15,26H,10,12-13,16H2,2H3,(H,27,29). The summed E-state index contributed by atoms with van der Waals surface area (Å²) in [6.45, 7) is 2.86. The summed E-state index contributed by atoms with van der Waals surface area (Å²) >= 11 is 1.72. The van der Waals surface area contributed by atoms with Crippen LogP contribution in [-0.4, -0.2) is 38.2 Å². The number of hydrogen-bond acceptors (Lipinski definition) is 5. The van der Waals surface area contributed by atoms with E-state index in [9.17, 15) is 18.0 Å². The fraction of sp³-hybridized carbons (Fsp3) is 0.200. The highest BCUT2D eigenvalue weighted by Crippen LogP contribution is 2.27. The quantitative estimate of drug-likeness (QED) is 0.515. The van der Waals surface area contributed by atoms with Crippen molar-refractivity contribution in [3.8, 4) is 12.3 Å². The highest BCUT2D eigenvalue weighted by Gasteiger charge is 2.24. The van der Waals surface area contributed by atoms with E-state index < -0.39 is 15.9 Å². The van der Waals surface area contributed by atoms with Gasteiger partial charge in [0, 0.05) is 34.8 Å². The van der Waals surface area contributed by atoms with Crippen LogP contribution in [0.25, 0.3) is 0 Å². The van der Waals surface area contributed by atoms with Gasteiger partial charge in [-0.1, -0.05) is 18.1 Å². The fourth-order valence-electron chi connectivity index (χ4n) is 3.81. The number of sulfonamides is 1. The molecule has 4 rings (SSSR count). The number of rotatable bonds is 6. The summed E-state index contributed by atoms with van der Waals surface area (Å²) in [5.41, 5.74) is 3.00.